The van der Waals surface area contributed by atoms with Crippen LogP contribution in [0, 0.1) is 0 Å². The number of ether oxygens (including phenoxy) is 2. The number of nitrogen functional groups attached to an aromatic ring is 1. The summed E-state index contributed by atoms with van der Waals surface area (Å²) in [5.41, 5.74) is 7.58. The molecule has 2 rings (SSSR count). The lowest BCUT2D eigenvalue weighted by molar-refractivity contribution is -0.00944. The first-order valence-electron chi connectivity index (χ1n) is 5.92. The molecule has 1 saturated carbocycles. The van der Waals surface area contributed by atoms with Crippen LogP contribution in [-0.2, 0) is 11.3 Å². The molecule has 1 aromatic carbocycles. The second-order valence-electron chi connectivity index (χ2n) is 4.16. The fraction of sp³-hybridized carbons (Fsp3) is 0.538. The zero-order valence-electron chi connectivity index (χ0n) is 9.74. The van der Waals surface area contributed by atoms with E-state index in [0.29, 0.717) is 19.3 Å². The Morgan fingerprint density at radius 1 is 1.38 bits per heavy atom. The van der Waals surface area contributed by atoms with Gasteiger partial charge in [0, 0.05) is 11.3 Å². The summed E-state index contributed by atoms with van der Waals surface area (Å²) in [7, 11) is 0. The SMILES string of the molecule is CCOc1ccc(N)cc1COC1CCC1. The molecule has 3 nitrogen and oxygen atoms in total. The summed E-state index contributed by atoms with van der Waals surface area (Å²) in [4.78, 5) is 0. The monoisotopic (exact) mass is 221 g/mol. The zero-order chi connectivity index (χ0) is 11.4. The van der Waals surface area contributed by atoms with Crippen LogP contribution in [-0.4, -0.2) is 12.7 Å². The first-order chi connectivity index (χ1) is 7.79. The van der Waals surface area contributed by atoms with Gasteiger partial charge in [-0.15, -0.1) is 0 Å². The molecule has 1 aliphatic carbocycles. The molecular weight excluding hydrogens is 202 g/mol. The summed E-state index contributed by atoms with van der Waals surface area (Å²) in [6, 6.07) is 5.71. The lowest BCUT2D eigenvalue weighted by atomic mass is 9.96. The highest BCUT2D eigenvalue weighted by Crippen LogP contribution is 2.27. The molecule has 0 atom stereocenters. The van der Waals surface area contributed by atoms with Crippen molar-refractivity contribution in [2.24, 2.45) is 0 Å². The number of anilines is 1. The molecule has 0 aromatic heterocycles. The van der Waals surface area contributed by atoms with Crippen molar-refractivity contribution in [2.45, 2.75) is 38.9 Å². The fourth-order valence-electron chi connectivity index (χ4n) is 1.75. The van der Waals surface area contributed by atoms with Gasteiger partial charge in [0.1, 0.15) is 5.75 Å². The molecule has 1 fully saturated rings. The Hall–Kier alpha value is -1.22. The van der Waals surface area contributed by atoms with Crippen molar-refractivity contribution >= 4 is 5.69 Å². The van der Waals surface area contributed by atoms with Crippen molar-refractivity contribution in [3.8, 4) is 5.75 Å². The Kier molecular flexibility index (Phi) is 3.67. The third kappa shape index (κ3) is 2.67. The van der Waals surface area contributed by atoms with Crippen molar-refractivity contribution in [3.63, 3.8) is 0 Å². The Morgan fingerprint density at radius 2 is 2.19 bits per heavy atom. The minimum absolute atomic E-state index is 0.441. The van der Waals surface area contributed by atoms with Crippen LogP contribution < -0.4 is 10.5 Å². The van der Waals surface area contributed by atoms with E-state index >= 15 is 0 Å². The maximum atomic E-state index is 5.77. The Labute approximate surface area is 96.5 Å². The summed E-state index contributed by atoms with van der Waals surface area (Å²) < 4.78 is 11.3. The van der Waals surface area contributed by atoms with Crippen LogP contribution in [0.15, 0.2) is 18.2 Å². The van der Waals surface area contributed by atoms with Crippen LogP contribution >= 0.6 is 0 Å². The third-order valence-corrected chi connectivity index (χ3v) is 2.91. The van der Waals surface area contributed by atoms with E-state index in [1.54, 1.807) is 0 Å². The number of rotatable bonds is 5. The minimum atomic E-state index is 0.441. The topological polar surface area (TPSA) is 44.5 Å². The van der Waals surface area contributed by atoms with Crippen molar-refractivity contribution in [1.82, 2.24) is 0 Å². The van der Waals surface area contributed by atoms with Crippen molar-refractivity contribution in [1.29, 1.82) is 0 Å². The minimum Gasteiger partial charge on any atom is -0.494 e. The molecule has 3 heteroatoms. The molecule has 0 spiro atoms. The van der Waals surface area contributed by atoms with Gasteiger partial charge in [-0.1, -0.05) is 0 Å². The van der Waals surface area contributed by atoms with Gasteiger partial charge in [0.25, 0.3) is 0 Å². The third-order valence-electron chi connectivity index (χ3n) is 2.91. The van der Waals surface area contributed by atoms with Gasteiger partial charge in [-0.2, -0.15) is 0 Å². The summed E-state index contributed by atoms with van der Waals surface area (Å²) in [5.74, 6) is 0.885. The highest BCUT2D eigenvalue weighted by Gasteiger charge is 2.18. The summed E-state index contributed by atoms with van der Waals surface area (Å²) >= 11 is 0. The molecule has 0 aliphatic heterocycles. The molecule has 2 N–H and O–H groups in total. The lowest BCUT2D eigenvalue weighted by Gasteiger charge is -2.26. The standard InChI is InChI=1S/C13H19NO2/c1-2-15-13-7-6-11(14)8-10(13)9-16-12-4-3-5-12/h6-8,12H,2-5,9,14H2,1H3. The first-order valence-corrected chi connectivity index (χ1v) is 5.92. The van der Waals surface area contributed by atoms with Gasteiger partial charge < -0.3 is 15.2 Å². The predicted octanol–water partition coefficient (Wildman–Crippen LogP) is 2.74. The van der Waals surface area contributed by atoms with Crippen LogP contribution in [0.25, 0.3) is 0 Å². The fourth-order valence-corrected chi connectivity index (χ4v) is 1.75. The molecule has 1 aliphatic rings. The van der Waals surface area contributed by atoms with Crippen LogP contribution in [0.2, 0.25) is 0 Å². The van der Waals surface area contributed by atoms with E-state index in [1.807, 2.05) is 25.1 Å². The van der Waals surface area contributed by atoms with Gasteiger partial charge in [-0.05, 0) is 44.4 Å². The van der Waals surface area contributed by atoms with E-state index in [9.17, 15) is 0 Å². The smallest absolute Gasteiger partial charge is 0.124 e. The van der Waals surface area contributed by atoms with Crippen molar-refractivity contribution in [2.75, 3.05) is 12.3 Å². The van der Waals surface area contributed by atoms with Gasteiger partial charge in [0.2, 0.25) is 0 Å². The largest absolute Gasteiger partial charge is 0.494 e. The summed E-state index contributed by atoms with van der Waals surface area (Å²) in [5, 5.41) is 0. The van der Waals surface area contributed by atoms with Crippen molar-refractivity contribution in [3.05, 3.63) is 23.8 Å². The summed E-state index contributed by atoms with van der Waals surface area (Å²) in [6.07, 6.45) is 4.11. The first kappa shape index (κ1) is 11.3. The Balaban J connectivity index is 2.00. The van der Waals surface area contributed by atoms with Gasteiger partial charge >= 0.3 is 0 Å². The second kappa shape index (κ2) is 5.21. The molecule has 0 amide bonds. The van der Waals surface area contributed by atoms with Crippen LogP contribution in [0.3, 0.4) is 0 Å². The maximum absolute atomic E-state index is 5.77. The highest BCUT2D eigenvalue weighted by atomic mass is 16.5. The number of nitrogens with two attached hydrogens (primary N) is 1. The average molecular weight is 221 g/mol. The molecule has 16 heavy (non-hydrogen) atoms. The molecule has 0 unspecified atom stereocenters. The van der Waals surface area contributed by atoms with Gasteiger partial charge in [-0.25, -0.2) is 0 Å². The van der Waals surface area contributed by atoms with Crippen molar-refractivity contribution < 1.29 is 9.47 Å². The zero-order valence-corrected chi connectivity index (χ0v) is 9.74. The maximum Gasteiger partial charge on any atom is 0.124 e. The molecular formula is C13H19NO2. The molecule has 1 aromatic rings. The molecule has 0 radical (unpaired) electrons. The van der Waals surface area contributed by atoms with E-state index in [0.717, 1.165) is 17.0 Å². The van der Waals surface area contributed by atoms with E-state index in [-0.39, 0.29) is 0 Å². The van der Waals surface area contributed by atoms with E-state index in [4.69, 9.17) is 15.2 Å². The molecule has 0 bridgehead atoms. The quantitative estimate of drug-likeness (QED) is 0.777. The molecule has 0 heterocycles. The lowest BCUT2D eigenvalue weighted by Crippen LogP contribution is -2.21. The number of benzene rings is 1. The van der Waals surface area contributed by atoms with Gasteiger partial charge in [-0.3, -0.25) is 0 Å². The van der Waals surface area contributed by atoms with Crippen LogP contribution in [0.1, 0.15) is 31.7 Å². The Bertz CT molecular complexity index is 348. The average Bonchev–Trinajstić information content (AvgIpc) is 2.20. The predicted molar refractivity (Wildman–Crippen MR) is 64.5 cm³/mol. The van der Waals surface area contributed by atoms with E-state index in [2.05, 4.69) is 0 Å². The normalized spacial score (nSPS) is 15.8. The van der Waals surface area contributed by atoms with Crippen LogP contribution in [0.4, 0.5) is 5.69 Å². The Morgan fingerprint density at radius 3 is 2.81 bits per heavy atom. The van der Waals surface area contributed by atoms with Gasteiger partial charge in [0.05, 0.1) is 19.3 Å². The molecule has 0 saturated heterocycles. The van der Waals surface area contributed by atoms with Gasteiger partial charge in [0.15, 0.2) is 0 Å². The number of hydrogen-bond acceptors (Lipinski definition) is 3. The van der Waals surface area contributed by atoms with Crippen LogP contribution in [0.5, 0.6) is 5.75 Å². The summed E-state index contributed by atoms with van der Waals surface area (Å²) in [6.45, 7) is 3.25. The van der Waals surface area contributed by atoms with E-state index < -0.39 is 0 Å². The number of hydrogen-bond donors (Lipinski definition) is 1. The van der Waals surface area contributed by atoms with E-state index in [1.165, 1.54) is 19.3 Å². The molecule has 88 valence electrons. The second-order valence-corrected chi connectivity index (χ2v) is 4.16. The highest BCUT2D eigenvalue weighted by molar-refractivity contribution is 5.47.